The number of benzene rings is 1. The molecule has 2 amide bonds. The molecule has 1 saturated carbocycles. The van der Waals surface area contributed by atoms with E-state index in [9.17, 15) is 9.59 Å². The lowest BCUT2D eigenvalue weighted by molar-refractivity contribution is -0.142. The van der Waals surface area contributed by atoms with E-state index in [2.05, 4.69) is 5.32 Å². The van der Waals surface area contributed by atoms with Gasteiger partial charge in [0.2, 0.25) is 5.91 Å². The minimum absolute atomic E-state index is 0.0711. The first-order valence-electron chi connectivity index (χ1n) is 12.9. The number of fused-ring (bicyclic) bond motifs is 1. The third-order valence-electron chi connectivity index (χ3n) is 7.97. The van der Waals surface area contributed by atoms with Crippen molar-refractivity contribution in [2.45, 2.75) is 89.3 Å². The van der Waals surface area contributed by atoms with E-state index in [0.717, 1.165) is 47.5 Å². The number of rotatable bonds is 4. The molecule has 3 heterocycles. The van der Waals surface area contributed by atoms with Crippen molar-refractivity contribution in [2.24, 2.45) is 5.10 Å². The molecule has 3 aliphatic rings. The number of piperazine rings is 1. The maximum absolute atomic E-state index is 14.3. The maximum atomic E-state index is 14.3. The molecule has 35 heavy (non-hydrogen) atoms. The lowest BCUT2D eigenvalue weighted by Crippen LogP contribution is -2.74. The molecule has 1 aromatic carbocycles. The van der Waals surface area contributed by atoms with Crippen molar-refractivity contribution in [2.75, 3.05) is 11.4 Å². The first-order valence-corrected chi connectivity index (χ1v) is 13.8. The van der Waals surface area contributed by atoms with Crippen LogP contribution in [0.1, 0.15) is 75.7 Å². The summed E-state index contributed by atoms with van der Waals surface area (Å²) in [5.41, 5.74) is 0.925. The molecule has 2 atom stereocenters. The molecule has 2 aliphatic heterocycles. The lowest BCUT2D eigenvalue weighted by atomic mass is 9.83. The summed E-state index contributed by atoms with van der Waals surface area (Å²) in [5, 5.41) is 12.2. The van der Waals surface area contributed by atoms with Crippen molar-refractivity contribution in [1.29, 1.82) is 0 Å². The van der Waals surface area contributed by atoms with Crippen LogP contribution in [0.15, 0.2) is 46.9 Å². The van der Waals surface area contributed by atoms with Crippen LogP contribution in [0.25, 0.3) is 0 Å². The second-order valence-corrected chi connectivity index (χ2v) is 11.7. The van der Waals surface area contributed by atoms with Gasteiger partial charge >= 0.3 is 0 Å². The fourth-order valence-electron chi connectivity index (χ4n) is 5.72. The molecule has 1 aliphatic carbocycles. The summed E-state index contributed by atoms with van der Waals surface area (Å²) in [6.45, 7) is 6.26. The third kappa shape index (κ3) is 4.39. The minimum Gasteiger partial charge on any atom is -0.351 e. The van der Waals surface area contributed by atoms with Crippen molar-refractivity contribution in [1.82, 2.24) is 10.3 Å². The summed E-state index contributed by atoms with van der Waals surface area (Å²) in [7, 11) is 0. The zero-order valence-corrected chi connectivity index (χ0v) is 21.9. The molecular weight excluding hydrogens is 456 g/mol. The zero-order chi connectivity index (χ0) is 24.6. The molecule has 6 nitrogen and oxygen atoms in total. The minimum atomic E-state index is -1.07. The number of carbonyl (C=O) groups excluding carboxylic acids is 2. The molecular formula is C28H36N4O2S. The molecule has 1 saturated heterocycles. The average Bonchev–Trinajstić information content (AvgIpc) is 3.46. The van der Waals surface area contributed by atoms with Crippen LogP contribution < -0.4 is 10.2 Å². The van der Waals surface area contributed by atoms with E-state index in [0.29, 0.717) is 13.0 Å². The van der Waals surface area contributed by atoms with Crippen LogP contribution in [0.4, 0.5) is 5.69 Å². The highest BCUT2D eigenvalue weighted by atomic mass is 32.1. The molecule has 186 valence electrons. The predicted molar refractivity (Wildman–Crippen MR) is 142 cm³/mol. The zero-order valence-electron chi connectivity index (χ0n) is 21.0. The van der Waals surface area contributed by atoms with Gasteiger partial charge in [0.05, 0.1) is 17.1 Å². The van der Waals surface area contributed by atoms with Gasteiger partial charge in [-0.2, -0.15) is 5.10 Å². The lowest BCUT2D eigenvalue weighted by Gasteiger charge is -2.52. The van der Waals surface area contributed by atoms with Gasteiger partial charge in [0, 0.05) is 18.2 Å². The Kier molecular flexibility index (Phi) is 6.47. The number of anilines is 1. The Labute approximate surface area is 212 Å². The number of carbonyl (C=O) groups is 2. The highest BCUT2D eigenvalue weighted by Crippen LogP contribution is 2.42. The van der Waals surface area contributed by atoms with Gasteiger partial charge in [0.15, 0.2) is 0 Å². The average molecular weight is 493 g/mol. The number of hydrazone groups is 1. The Morgan fingerprint density at radius 1 is 1.06 bits per heavy atom. The number of nitrogens with one attached hydrogen (secondary N) is 1. The van der Waals surface area contributed by atoms with Crippen molar-refractivity contribution in [3.63, 3.8) is 0 Å². The quantitative estimate of drug-likeness (QED) is 0.633. The standard InChI is InChI=1S/C28H36N4O2S/c1-20-13-15-22(16-14-20)32-26(34)27(2)18-23(24-12-9-17-35-24)30-31(27)19-28(32,3)25(33)29-21-10-7-5-4-6-8-11-21/h9,12-17,21H,4-8,10-11,18-19H2,1-3H3,(H,29,33). The Hall–Kier alpha value is -2.67. The van der Waals surface area contributed by atoms with Crippen LogP contribution in [0.3, 0.4) is 0 Å². The molecule has 0 bridgehead atoms. The maximum Gasteiger partial charge on any atom is 0.255 e. The number of aryl methyl sites for hydroxylation is 1. The van der Waals surface area contributed by atoms with E-state index >= 15 is 0 Å². The first kappa shape index (κ1) is 24.0. The van der Waals surface area contributed by atoms with Gasteiger partial charge in [0.25, 0.3) is 5.91 Å². The highest BCUT2D eigenvalue weighted by Gasteiger charge is 2.60. The van der Waals surface area contributed by atoms with E-state index in [4.69, 9.17) is 5.10 Å². The van der Waals surface area contributed by atoms with Gasteiger partial charge in [-0.15, -0.1) is 11.3 Å². The van der Waals surface area contributed by atoms with Crippen LogP contribution >= 0.6 is 11.3 Å². The number of hydrogen-bond acceptors (Lipinski definition) is 5. The second kappa shape index (κ2) is 9.41. The molecule has 1 N–H and O–H groups in total. The third-order valence-corrected chi connectivity index (χ3v) is 8.88. The monoisotopic (exact) mass is 492 g/mol. The number of amides is 2. The molecule has 5 rings (SSSR count). The van der Waals surface area contributed by atoms with Gasteiger partial charge in [-0.25, -0.2) is 0 Å². The molecule has 1 aromatic heterocycles. The van der Waals surface area contributed by atoms with Crippen molar-refractivity contribution >= 4 is 34.6 Å². The van der Waals surface area contributed by atoms with Crippen molar-refractivity contribution in [3.05, 3.63) is 52.2 Å². The first-order chi connectivity index (χ1) is 16.8. The van der Waals surface area contributed by atoms with E-state index in [1.165, 1.54) is 19.3 Å². The van der Waals surface area contributed by atoms with Crippen LogP contribution in [0, 0.1) is 6.92 Å². The van der Waals surface area contributed by atoms with Crippen molar-refractivity contribution < 1.29 is 9.59 Å². The molecule has 0 spiro atoms. The largest absolute Gasteiger partial charge is 0.351 e. The van der Waals surface area contributed by atoms with Gasteiger partial charge in [-0.1, -0.05) is 55.9 Å². The molecule has 2 aromatic rings. The Bertz CT molecular complexity index is 1100. The Morgan fingerprint density at radius 2 is 1.74 bits per heavy atom. The number of thiophene rings is 1. The summed E-state index contributed by atoms with van der Waals surface area (Å²) in [6, 6.07) is 12.2. The van der Waals surface area contributed by atoms with Gasteiger partial charge in [0.1, 0.15) is 11.1 Å². The summed E-state index contributed by atoms with van der Waals surface area (Å²) in [4.78, 5) is 31.1. The highest BCUT2D eigenvalue weighted by molar-refractivity contribution is 7.12. The predicted octanol–water partition coefficient (Wildman–Crippen LogP) is 5.26. The van der Waals surface area contributed by atoms with Gasteiger partial charge < -0.3 is 5.32 Å². The SMILES string of the molecule is Cc1ccc(N2C(=O)C3(C)CC(c4cccs4)=NN3CC2(C)C(=O)NC2CCCCCCC2)cc1. The fraction of sp³-hybridized carbons (Fsp3) is 0.536. The molecule has 2 unspecified atom stereocenters. The van der Waals surface area contributed by atoms with Crippen molar-refractivity contribution in [3.8, 4) is 0 Å². The van der Waals surface area contributed by atoms with E-state index in [1.807, 2.05) is 67.6 Å². The van der Waals surface area contributed by atoms with E-state index < -0.39 is 11.1 Å². The summed E-state index contributed by atoms with van der Waals surface area (Å²) in [5.74, 6) is -0.156. The van der Waals surface area contributed by atoms with E-state index in [-0.39, 0.29) is 17.9 Å². The van der Waals surface area contributed by atoms with Crippen LogP contribution in [0.2, 0.25) is 0 Å². The van der Waals surface area contributed by atoms with E-state index in [1.54, 1.807) is 16.2 Å². The van der Waals surface area contributed by atoms with Crippen LogP contribution in [0.5, 0.6) is 0 Å². The number of nitrogens with zero attached hydrogens (tertiary/aromatic N) is 3. The molecule has 0 radical (unpaired) electrons. The molecule has 7 heteroatoms. The fourth-order valence-corrected chi connectivity index (χ4v) is 6.43. The second-order valence-electron chi connectivity index (χ2n) is 10.8. The van der Waals surface area contributed by atoms with Gasteiger partial charge in [-0.3, -0.25) is 19.5 Å². The summed E-state index contributed by atoms with van der Waals surface area (Å²) in [6.07, 6.45) is 8.56. The Balaban J connectivity index is 1.50. The van der Waals surface area contributed by atoms with Crippen LogP contribution in [-0.2, 0) is 9.59 Å². The summed E-state index contributed by atoms with van der Waals surface area (Å²) >= 11 is 1.64. The summed E-state index contributed by atoms with van der Waals surface area (Å²) < 4.78 is 0. The normalized spacial score (nSPS) is 27.7. The molecule has 2 fully saturated rings. The number of hydrogen-bond donors (Lipinski definition) is 1. The van der Waals surface area contributed by atoms with Crippen LogP contribution in [-0.4, -0.2) is 46.2 Å². The van der Waals surface area contributed by atoms with Gasteiger partial charge in [-0.05, 0) is 57.2 Å². The topological polar surface area (TPSA) is 65.0 Å². The smallest absolute Gasteiger partial charge is 0.255 e. The Morgan fingerprint density at radius 3 is 2.40 bits per heavy atom.